The Morgan fingerprint density at radius 1 is 1.57 bits per heavy atom. The maximum Gasteiger partial charge on any atom is 0.341 e. The smallest absolute Gasteiger partial charge is 0.341 e. The molecule has 1 heterocycles. The molecule has 0 spiro atoms. The van der Waals surface area contributed by atoms with E-state index < -0.39 is 0 Å². The van der Waals surface area contributed by atoms with Gasteiger partial charge in [0.2, 0.25) is 0 Å². The molecule has 0 saturated carbocycles. The summed E-state index contributed by atoms with van der Waals surface area (Å²) in [5, 5.41) is 6.08. The second-order valence-electron chi connectivity index (χ2n) is 3.41. The molecule has 4 heteroatoms. The Labute approximate surface area is 88.1 Å². The average molecular weight is 213 g/mol. The molecule has 0 aromatic carbocycles. The first-order valence-electron chi connectivity index (χ1n) is 4.49. The summed E-state index contributed by atoms with van der Waals surface area (Å²) in [7, 11) is 1.40. The van der Waals surface area contributed by atoms with Crippen LogP contribution >= 0.6 is 11.3 Å². The summed E-state index contributed by atoms with van der Waals surface area (Å²) in [6, 6.07) is 0.316. The third-order valence-corrected chi connectivity index (χ3v) is 2.81. The fourth-order valence-electron chi connectivity index (χ4n) is 1.17. The Morgan fingerprint density at radius 2 is 2.21 bits per heavy atom. The second kappa shape index (κ2) is 4.46. The normalized spacial score (nSPS) is 10.4. The molecule has 0 amide bonds. The fourth-order valence-corrected chi connectivity index (χ4v) is 2.25. The van der Waals surface area contributed by atoms with E-state index in [0.717, 1.165) is 10.6 Å². The highest BCUT2D eigenvalue weighted by molar-refractivity contribution is 7.14. The SMILES string of the molecule is COC(=O)c1c(C)csc1NC(C)C. The van der Waals surface area contributed by atoms with Crippen molar-refractivity contribution in [2.45, 2.75) is 26.8 Å². The largest absolute Gasteiger partial charge is 0.465 e. The Bertz CT molecular complexity index is 331. The molecule has 14 heavy (non-hydrogen) atoms. The minimum atomic E-state index is -0.271. The first-order chi connectivity index (χ1) is 6.56. The number of esters is 1. The van der Waals surface area contributed by atoms with E-state index in [9.17, 15) is 4.79 Å². The number of nitrogens with one attached hydrogen (secondary N) is 1. The van der Waals surface area contributed by atoms with Gasteiger partial charge < -0.3 is 10.1 Å². The van der Waals surface area contributed by atoms with Crippen molar-refractivity contribution in [2.24, 2.45) is 0 Å². The lowest BCUT2D eigenvalue weighted by atomic mass is 10.2. The van der Waals surface area contributed by atoms with Gasteiger partial charge in [0.1, 0.15) is 5.00 Å². The number of thiophene rings is 1. The molecule has 3 nitrogen and oxygen atoms in total. The van der Waals surface area contributed by atoms with Crippen LogP contribution in [0.1, 0.15) is 29.8 Å². The van der Waals surface area contributed by atoms with Crippen LogP contribution in [0.4, 0.5) is 5.00 Å². The molecule has 0 aliphatic carbocycles. The molecule has 0 unspecified atom stereocenters. The number of aryl methyl sites for hydroxylation is 1. The minimum Gasteiger partial charge on any atom is -0.465 e. The maximum atomic E-state index is 11.4. The van der Waals surface area contributed by atoms with E-state index in [1.54, 1.807) is 0 Å². The summed E-state index contributed by atoms with van der Waals surface area (Å²) in [4.78, 5) is 11.4. The molecule has 0 aliphatic rings. The van der Waals surface area contributed by atoms with Crippen molar-refractivity contribution in [1.82, 2.24) is 0 Å². The van der Waals surface area contributed by atoms with Crippen LogP contribution < -0.4 is 5.32 Å². The number of hydrogen-bond donors (Lipinski definition) is 1. The molecule has 0 saturated heterocycles. The minimum absolute atomic E-state index is 0.271. The van der Waals surface area contributed by atoms with Gasteiger partial charge in [0.05, 0.1) is 12.7 Å². The highest BCUT2D eigenvalue weighted by Crippen LogP contribution is 2.28. The summed E-state index contributed by atoms with van der Waals surface area (Å²) in [5.74, 6) is -0.271. The number of carbonyl (C=O) groups is 1. The lowest BCUT2D eigenvalue weighted by Gasteiger charge is -2.09. The number of methoxy groups -OCH3 is 1. The lowest BCUT2D eigenvalue weighted by Crippen LogP contribution is -2.12. The zero-order valence-electron chi connectivity index (χ0n) is 8.88. The van der Waals surface area contributed by atoms with Crippen molar-refractivity contribution in [1.29, 1.82) is 0 Å². The molecule has 0 radical (unpaired) electrons. The monoisotopic (exact) mass is 213 g/mol. The van der Waals surface area contributed by atoms with E-state index in [0.29, 0.717) is 11.6 Å². The van der Waals surface area contributed by atoms with E-state index in [4.69, 9.17) is 4.74 Å². The summed E-state index contributed by atoms with van der Waals surface area (Å²) >= 11 is 1.54. The predicted octanol–water partition coefficient (Wildman–Crippen LogP) is 2.66. The molecule has 0 aliphatic heterocycles. The third-order valence-electron chi connectivity index (χ3n) is 1.78. The lowest BCUT2D eigenvalue weighted by molar-refractivity contribution is 0.0601. The van der Waals surface area contributed by atoms with Gasteiger partial charge in [-0.1, -0.05) is 0 Å². The van der Waals surface area contributed by atoms with Gasteiger partial charge in [-0.3, -0.25) is 0 Å². The van der Waals surface area contributed by atoms with E-state index in [2.05, 4.69) is 5.32 Å². The Hall–Kier alpha value is -1.03. The van der Waals surface area contributed by atoms with Crippen molar-refractivity contribution in [3.8, 4) is 0 Å². The average Bonchev–Trinajstić information content (AvgIpc) is 2.45. The summed E-state index contributed by atoms with van der Waals surface area (Å²) < 4.78 is 4.73. The number of anilines is 1. The molecule has 0 bridgehead atoms. The van der Waals surface area contributed by atoms with Crippen molar-refractivity contribution in [3.05, 3.63) is 16.5 Å². The van der Waals surface area contributed by atoms with Crippen LogP contribution in [-0.2, 0) is 4.74 Å². The second-order valence-corrected chi connectivity index (χ2v) is 4.29. The van der Waals surface area contributed by atoms with Crippen LogP contribution in [0.2, 0.25) is 0 Å². The molecule has 0 atom stereocenters. The van der Waals surface area contributed by atoms with Gasteiger partial charge in [-0.05, 0) is 31.7 Å². The van der Waals surface area contributed by atoms with Crippen LogP contribution in [-0.4, -0.2) is 19.1 Å². The Morgan fingerprint density at radius 3 is 2.71 bits per heavy atom. The van der Waals surface area contributed by atoms with Crippen LogP contribution in [0.15, 0.2) is 5.38 Å². The van der Waals surface area contributed by atoms with Crippen LogP contribution in [0.5, 0.6) is 0 Å². The molecule has 1 aromatic rings. The summed E-state index contributed by atoms with van der Waals surface area (Å²) in [6.07, 6.45) is 0. The van der Waals surface area contributed by atoms with Crippen molar-refractivity contribution in [3.63, 3.8) is 0 Å². The summed E-state index contributed by atoms with van der Waals surface area (Å²) in [5.41, 5.74) is 1.62. The van der Waals surface area contributed by atoms with Crippen molar-refractivity contribution in [2.75, 3.05) is 12.4 Å². The van der Waals surface area contributed by atoms with Crippen molar-refractivity contribution >= 4 is 22.3 Å². The van der Waals surface area contributed by atoms with Gasteiger partial charge >= 0.3 is 5.97 Å². The Kier molecular flexibility index (Phi) is 3.52. The van der Waals surface area contributed by atoms with Gasteiger partial charge in [0, 0.05) is 6.04 Å². The molecule has 1 aromatic heterocycles. The number of rotatable bonds is 3. The molecule has 1 N–H and O–H groups in total. The standard InChI is InChI=1S/C10H15NO2S/c1-6(2)11-9-8(10(12)13-4)7(3)5-14-9/h5-6,11H,1-4H3. The van der Waals surface area contributed by atoms with Gasteiger partial charge in [0.25, 0.3) is 0 Å². The number of hydrogen-bond acceptors (Lipinski definition) is 4. The van der Waals surface area contributed by atoms with E-state index in [1.807, 2.05) is 26.2 Å². The predicted molar refractivity (Wildman–Crippen MR) is 59.2 cm³/mol. The maximum absolute atomic E-state index is 11.4. The van der Waals surface area contributed by atoms with Gasteiger partial charge in [-0.2, -0.15) is 0 Å². The van der Waals surface area contributed by atoms with Crippen LogP contribution in [0.3, 0.4) is 0 Å². The summed E-state index contributed by atoms with van der Waals surface area (Å²) in [6.45, 7) is 5.99. The molecule has 0 fully saturated rings. The molecule has 78 valence electrons. The fraction of sp³-hybridized carbons (Fsp3) is 0.500. The molecule has 1 rings (SSSR count). The van der Waals surface area contributed by atoms with E-state index in [-0.39, 0.29) is 5.97 Å². The van der Waals surface area contributed by atoms with Crippen molar-refractivity contribution < 1.29 is 9.53 Å². The zero-order chi connectivity index (χ0) is 10.7. The number of ether oxygens (including phenoxy) is 1. The highest BCUT2D eigenvalue weighted by atomic mass is 32.1. The van der Waals surface area contributed by atoms with Crippen LogP contribution in [0, 0.1) is 6.92 Å². The van der Waals surface area contributed by atoms with Gasteiger partial charge in [-0.15, -0.1) is 11.3 Å². The first-order valence-corrected chi connectivity index (χ1v) is 5.37. The quantitative estimate of drug-likeness (QED) is 0.784. The zero-order valence-corrected chi connectivity index (χ0v) is 9.70. The molecular formula is C10H15NO2S. The first kappa shape index (κ1) is 11.0. The van der Waals surface area contributed by atoms with E-state index in [1.165, 1.54) is 18.4 Å². The third kappa shape index (κ3) is 2.26. The molecular weight excluding hydrogens is 198 g/mol. The Balaban J connectivity index is 3.00. The van der Waals surface area contributed by atoms with Crippen LogP contribution in [0.25, 0.3) is 0 Å². The van der Waals surface area contributed by atoms with Gasteiger partial charge in [0.15, 0.2) is 0 Å². The number of carbonyl (C=O) groups excluding carboxylic acids is 1. The van der Waals surface area contributed by atoms with E-state index >= 15 is 0 Å². The topological polar surface area (TPSA) is 38.3 Å². The van der Waals surface area contributed by atoms with Gasteiger partial charge in [-0.25, -0.2) is 4.79 Å². The highest BCUT2D eigenvalue weighted by Gasteiger charge is 2.17.